The number of hydrogen-bond donors (Lipinski definition) is 0. The van der Waals surface area contributed by atoms with E-state index in [9.17, 15) is 0 Å². The molecule has 3 heterocycles. The third-order valence-corrected chi connectivity index (χ3v) is 13.3. The Morgan fingerprint density at radius 3 is 1.95 bits per heavy atom. The van der Waals surface area contributed by atoms with E-state index in [4.69, 9.17) is 20.1 Å². The molecule has 298 valence electrons. The molecule has 6 unspecified atom stereocenters. The average molecular weight is 792 g/mol. The molecule has 11 rings (SSSR count). The van der Waals surface area contributed by atoms with Gasteiger partial charge in [0.1, 0.15) is 5.82 Å². The van der Waals surface area contributed by atoms with E-state index in [2.05, 4.69) is 193 Å². The van der Waals surface area contributed by atoms with Crippen molar-refractivity contribution in [2.75, 3.05) is 0 Å². The van der Waals surface area contributed by atoms with Crippen LogP contribution in [0.5, 0.6) is 0 Å². The molecule has 2 aliphatic heterocycles. The SMILES string of the molecule is C1=CCCC(C2=NN3C(C4C=CC=CC4)=C(c4cccc(-c5ccc(-c6nc(C7=CC=CCC7)nc(C7C=CC=CC7)n6)cc5)c4)C4C=CC=CC4C3C2c2ccccc2)=C1. The third-order valence-electron chi connectivity index (χ3n) is 13.3. The highest BCUT2D eigenvalue weighted by Gasteiger charge is 2.52. The second kappa shape index (κ2) is 16.4. The summed E-state index contributed by atoms with van der Waals surface area (Å²) in [6, 6.07) is 29.3. The van der Waals surface area contributed by atoms with E-state index in [1.807, 2.05) is 0 Å². The predicted molar refractivity (Wildman–Crippen MR) is 250 cm³/mol. The number of allylic oxidation sites excluding steroid dienone is 20. The largest absolute Gasteiger partial charge is 0.264 e. The molecule has 0 N–H and O–H groups in total. The third kappa shape index (κ3) is 7.12. The highest BCUT2D eigenvalue weighted by atomic mass is 15.5. The van der Waals surface area contributed by atoms with Gasteiger partial charge in [0.15, 0.2) is 11.6 Å². The summed E-state index contributed by atoms with van der Waals surface area (Å²) in [6.45, 7) is 0. The van der Waals surface area contributed by atoms with Crippen LogP contribution in [-0.4, -0.2) is 31.7 Å². The summed E-state index contributed by atoms with van der Waals surface area (Å²) in [5.41, 5.74) is 12.4. The smallest absolute Gasteiger partial charge is 0.163 e. The van der Waals surface area contributed by atoms with Crippen molar-refractivity contribution >= 4 is 16.9 Å². The van der Waals surface area contributed by atoms with Crippen LogP contribution in [0.25, 0.3) is 33.7 Å². The molecule has 1 aromatic heterocycles. The van der Waals surface area contributed by atoms with Crippen LogP contribution in [0.4, 0.5) is 0 Å². The highest BCUT2D eigenvalue weighted by Crippen LogP contribution is 2.54. The van der Waals surface area contributed by atoms with Crippen molar-refractivity contribution in [2.45, 2.75) is 56.4 Å². The van der Waals surface area contributed by atoms with Crippen LogP contribution in [0.1, 0.15) is 73.1 Å². The molecule has 61 heavy (non-hydrogen) atoms. The van der Waals surface area contributed by atoms with E-state index in [1.54, 1.807) is 0 Å². The molecule has 3 aromatic carbocycles. The lowest BCUT2D eigenvalue weighted by Crippen LogP contribution is -2.47. The van der Waals surface area contributed by atoms with Crippen molar-refractivity contribution in [3.8, 4) is 22.5 Å². The van der Waals surface area contributed by atoms with E-state index < -0.39 is 0 Å². The van der Waals surface area contributed by atoms with E-state index in [1.165, 1.54) is 44.8 Å². The first-order valence-corrected chi connectivity index (χ1v) is 22.1. The molecule has 5 aliphatic carbocycles. The summed E-state index contributed by atoms with van der Waals surface area (Å²) in [4.78, 5) is 15.1. The number of hydrogen-bond acceptors (Lipinski definition) is 5. The van der Waals surface area contributed by atoms with Gasteiger partial charge in [-0.3, -0.25) is 5.01 Å². The van der Waals surface area contributed by atoms with Crippen LogP contribution in [0, 0.1) is 17.8 Å². The molecule has 5 nitrogen and oxygen atoms in total. The Hall–Kier alpha value is -6.72. The zero-order chi connectivity index (χ0) is 40.5. The zero-order valence-electron chi connectivity index (χ0n) is 34.3. The minimum Gasteiger partial charge on any atom is -0.264 e. The number of rotatable bonds is 8. The first-order valence-electron chi connectivity index (χ1n) is 22.1. The maximum atomic E-state index is 5.75. The molecule has 0 bridgehead atoms. The van der Waals surface area contributed by atoms with E-state index in [0.29, 0.717) is 0 Å². The lowest BCUT2D eigenvalue weighted by atomic mass is 9.66. The summed E-state index contributed by atoms with van der Waals surface area (Å²) in [5.74, 6) is 3.30. The fourth-order valence-corrected chi connectivity index (χ4v) is 10.3. The normalized spacial score (nSPS) is 26.0. The Bertz CT molecular complexity index is 2730. The standard InChI is InChI=1S/C56H49N5/c1-6-19-39(20-7-1)50-51(40-21-8-2-9-22-40)60-61-52(41-23-10-3-11-24-41)49(47-31-16-17-32-48(47)53(50)61)46-30-18-29-45(37-46)38-33-35-44(36-34-38)56-58-54(42-25-12-4-13-26-42)57-55(59-56)43-27-14-5-15-28-43/h1-8,10-14,16-21,23,25,27,29-37,41-42,47-48,50,53H,9,15,22,24,26,28H2. The Morgan fingerprint density at radius 1 is 0.525 bits per heavy atom. The maximum absolute atomic E-state index is 5.75. The lowest BCUT2D eigenvalue weighted by Gasteiger charge is -2.47. The number of fused-ring (bicyclic) bond motifs is 3. The van der Waals surface area contributed by atoms with Crippen LogP contribution >= 0.6 is 0 Å². The van der Waals surface area contributed by atoms with E-state index in [0.717, 1.165) is 67.1 Å². The van der Waals surface area contributed by atoms with Crippen molar-refractivity contribution < 1.29 is 0 Å². The molecule has 0 saturated carbocycles. The molecule has 0 saturated heterocycles. The fraction of sp³-hybridized carbons (Fsp3) is 0.214. The van der Waals surface area contributed by atoms with Crippen LogP contribution in [0.3, 0.4) is 0 Å². The van der Waals surface area contributed by atoms with Gasteiger partial charge in [0.2, 0.25) is 0 Å². The molecule has 7 aliphatic rings. The summed E-state index contributed by atoms with van der Waals surface area (Å²) < 4.78 is 0. The second-order valence-corrected chi connectivity index (χ2v) is 17.0. The molecular weight excluding hydrogens is 743 g/mol. The monoisotopic (exact) mass is 791 g/mol. The van der Waals surface area contributed by atoms with Gasteiger partial charge in [0, 0.05) is 34.9 Å². The Labute approximate surface area is 359 Å². The van der Waals surface area contributed by atoms with E-state index in [-0.39, 0.29) is 35.6 Å². The van der Waals surface area contributed by atoms with Crippen LogP contribution in [0.15, 0.2) is 205 Å². The van der Waals surface area contributed by atoms with Gasteiger partial charge < -0.3 is 0 Å². The molecule has 5 heteroatoms. The van der Waals surface area contributed by atoms with Crippen molar-refractivity contribution in [3.05, 3.63) is 222 Å². The molecule has 0 radical (unpaired) electrons. The predicted octanol–water partition coefficient (Wildman–Crippen LogP) is 12.9. The number of aromatic nitrogens is 3. The summed E-state index contributed by atoms with van der Waals surface area (Å²) in [7, 11) is 0. The molecule has 0 fully saturated rings. The highest BCUT2D eigenvalue weighted by molar-refractivity contribution is 6.07. The summed E-state index contributed by atoms with van der Waals surface area (Å²) in [5, 5.41) is 8.23. The van der Waals surface area contributed by atoms with Crippen LogP contribution < -0.4 is 0 Å². The van der Waals surface area contributed by atoms with Gasteiger partial charge in [-0.15, -0.1) is 0 Å². The average Bonchev–Trinajstić information content (AvgIpc) is 3.76. The van der Waals surface area contributed by atoms with Crippen molar-refractivity contribution in [1.82, 2.24) is 20.0 Å². The van der Waals surface area contributed by atoms with Crippen molar-refractivity contribution in [1.29, 1.82) is 0 Å². The Morgan fingerprint density at radius 2 is 1.21 bits per heavy atom. The quantitative estimate of drug-likeness (QED) is 0.178. The van der Waals surface area contributed by atoms with Crippen LogP contribution in [0.2, 0.25) is 0 Å². The molecule has 4 aromatic rings. The Kier molecular flexibility index (Phi) is 10.0. The number of hydrazone groups is 1. The van der Waals surface area contributed by atoms with Gasteiger partial charge in [-0.25, -0.2) is 15.0 Å². The topological polar surface area (TPSA) is 54.3 Å². The van der Waals surface area contributed by atoms with Gasteiger partial charge in [-0.1, -0.05) is 182 Å². The number of nitrogens with zero attached hydrogens (tertiary/aromatic N) is 5. The molecule has 0 amide bonds. The van der Waals surface area contributed by atoms with E-state index >= 15 is 0 Å². The lowest BCUT2D eigenvalue weighted by molar-refractivity contribution is 0.179. The summed E-state index contributed by atoms with van der Waals surface area (Å²) >= 11 is 0. The van der Waals surface area contributed by atoms with Gasteiger partial charge in [-0.2, -0.15) is 5.10 Å². The molecule has 0 spiro atoms. The molecule has 6 atom stereocenters. The van der Waals surface area contributed by atoms with Crippen LogP contribution in [-0.2, 0) is 0 Å². The first kappa shape index (κ1) is 37.3. The fourth-order valence-electron chi connectivity index (χ4n) is 10.3. The zero-order valence-corrected chi connectivity index (χ0v) is 34.3. The van der Waals surface area contributed by atoms with Gasteiger partial charge in [0.05, 0.1) is 17.7 Å². The minimum atomic E-state index is 0.138. The first-order chi connectivity index (χ1) is 30.3. The Balaban J connectivity index is 1.00. The van der Waals surface area contributed by atoms with Gasteiger partial charge in [-0.05, 0) is 83.6 Å². The molecular formula is C56H49N5. The van der Waals surface area contributed by atoms with Gasteiger partial charge >= 0.3 is 0 Å². The second-order valence-electron chi connectivity index (χ2n) is 17.0. The summed E-state index contributed by atoms with van der Waals surface area (Å²) in [6.07, 6.45) is 46.3. The maximum Gasteiger partial charge on any atom is 0.163 e. The van der Waals surface area contributed by atoms with Crippen molar-refractivity contribution in [3.63, 3.8) is 0 Å². The minimum absolute atomic E-state index is 0.138. The number of benzene rings is 3. The van der Waals surface area contributed by atoms with Crippen molar-refractivity contribution in [2.24, 2.45) is 22.9 Å². The van der Waals surface area contributed by atoms with Gasteiger partial charge in [0.25, 0.3) is 0 Å².